The van der Waals surface area contributed by atoms with Crippen molar-refractivity contribution in [3.8, 4) is 5.75 Å². The van der Waals surface area contributed by atoms with Gasteiger partial charge in [-0.2, -0.15) is 0 Å². The Morgan fingerprint density at radius 1 is 1.00 bits per heavy atom. The molecular formula is C15H16FNO. The van der Waals surface area contributed by atoms with Gasteiger partial charge in [0.05, 0.1) is 6.61 Å². The summed E-state index contributed by atoms with van der Waals surface area (Å²) in [5, 5.41) is 0. The van der Waals surface area contributed by atoms with Crippen molar-refractivity contribution >= 4 is 0 Å². The van der Waals surface area contributed by atoms with Crippen LogP contribution in [0.1, 0.15) is 11.1 Å². The summed E-state index contributed by atoms with van der Waals surface area (Å²) in [6.07, 6.45) is 0.691. The molecule has 0 aliphatic heterocycles. The second-order valence-corrected chi connectivity index (χ2v) is 4.08. The van der Waals surface area contributed by atoms with Gasteiger partial charge in [-0.05, 0) is 35.4 Å². The van der Waals surface area contributed by atoms with Gasteiger partial charge in [0.25, 0.3) is 0 Å². The number of halogens is 1. The summed E-state index contributed by atoms with van der Waals surface area (Å²) in [7, 11) is 0. The third-order valence-corrected chi connectivity index (χ3v) is 2.71. The first kappa shape index (κ1) is 12.6. The van der Waals surface area contributed by atoms with Crippen LogP contribution in [0.25, 0.3) is 0 Å². The molecule has 0 saturated carbocycles. The van der Waals surface area contributed by atoms with Crippen LogP contribution in [0.5, 0.6) is 5.75 Å². The van der Waals surface area contributed by atoms with Gasteiger partial charge < -0.3 is 10.5 Å². The lowest BCUT2D eigenvalue weighted by molar-refractivity contribution is 0.321. The van der Waals surface area contributed by atoms with Crippen molar-refractivity contribution in [1.29, 1.82) is 0 Å². The molecule has 2 N–H and O–H groups in total. The van der Waals surface area contributed by atoms with Crippen LogP contribution in [0, 0.1) is 5.82 Å². The lowest BCUT2D eigenvalue weighted by Crippen LogP contribution is -2.02. The minimum atomic E-state index is -0.209. The van der Waals surface area contributed by atoms with Gasteiger partial charge in [0.2, 0.25) is 0 Å². The summed E-state index contributed by atoms with van der Waals surface area (Å²) in [6, 6.07) is 14.2. The molecule has 18 heavy (non-hydrogen) atoms. The van der Waals surface area contributed by atoms with E-state index in [4.69, 9.17) is 10.5 Å². The van der Waals surface area contributed by atoms with Crippen molar-refractivity contribution in [2.45, 2.75) is 13.0 Å². The lowest BCUT2D eigenvalue weighted by Gasteiger charge is -2.07. The van der Waals surface area contributed by atoms with Crippen LogP contribution < -0.4 is 10.5 Å². The molecule has 0 unspecified atom stereocenters. The SMILES string of the molecule is NCc1ccc(OCCc2cccc(F)c2)cc1. The Morgan fingerprint density at radius 2 is 1.78 bits per heavy atom. The number of rotatable bonds is 5. The van der Waals surface area contributed by atoms with Crippen molar-refractivity contribution in [3.05, 3.63) is 65.5 Å². The van der Waals surface area contributed by atoms with Crippen molar-refractivity contribution in [3.63, 3.8) is 0 Å². The average Bonchev–Trinajstić information content (AvgIpc) is 2.40. The highest BCUT2D eigenvalue weighted by Crippen LogP contribution is 2.12. The number of hydrogen-bond acceptors (Lipinski definition) is 2. The van der Waals surface area contributed by atoms with E-state index >= 15 is 0 Å². The first-order valence-corrected chi connectivity index (χ1v) is 5.94. The van der Waals surface area contributed by atoms with Gasteiger partial charge in [-0.1, -0.05) is 24.3 Å². The van der Waals surface area contributed by atoms with Crippen molar-refractivity contribution in [2.75, 3.05) is 6.61 Å². The predicted molar refractivity (Wildman–Crippen MR) is 69.9 cm³/mol. The Labute approximate surface area is 106 Å². The molecule has 0 atom stereocenters. The molecule has 2 rings (SSSR count). The van der Waals surface area contributed by atoms with E-state index in [9.17, 15) is 4.39 Å². The maximum atomic E-state index is 12.9. The quantitative estimate of drug-likeness (QED) is 0.879. The van der Waals surface area contributed by atoms with Crippen LogP contribution in [0.4, 0.5) is 4.39 Å². The fourth-order valence-corrected chi connectivity index (χ4v) is 1.70. The second-order valence-electron chi connectivity index (χ2n) is 4.08. The molecule has 0 heterocycles. The molecule has 0 amide bonds. The smallest absolute Gasteiger partial charge is 0.123 e. The molecule has 0 aromatic heterocycles. The zero-order valence-electron chi connectivity index (χ0n) is 10.1. The van der Waals surface area contributed by atoms with Crippen molar-refractivity contribution < 1.29 is 9.13 Å². The molecule has 0 aliphatic rings. The third kappa shape index (κ3) is 3.57. The van der Waals surface area contributed by atoms with Crippen LogP contribution in [0.15, 0.2) is 48.5 Å². The van der Waals surface area contributed by atoms with E-state index in [1.54, 1.807) is 6.07 Å². The zero-order chi connectivity index (χ0) is 12.8. The molecule has 2 aromatic carbocycles. The molecule has 94 valence electrons. The van der Waals surface area contributed by atoms with Crippen molar-refractivity contribution in [2.24, 2.45) is 5.73 Å². The zero-order valence-corrected chi connectivity index (χ0v) is 10.1. The first-order chi connectivity index (χ1) is 8.78. The highest BCUT2D eigenvalue weighted by atomic mass is 19.1. The molecule has 0 saturated heterocycles. The van der Waals surface area contributed by atoms with E-state index < -0.39 is 0 Å². The molecule has 0 radical (unpaired) electrons. The van der Waals surface area contributed by atoms with Gasteiger partial charge in [-0.3, -0.25) is 0 Å². The Morgan fingerprint density at radius 3 is 2.44 bits per heavy atom. The second kappa shape index (κ2) is 6.17. The highest BCUT2D eigenvalue weighted by molar-refractivity contribution is 5.27. The van der Waals surface area contributed by atoms with Gasteiger partial charge in [0.1, 0.15) is 11.6 Å². The Bertz CT molecular complexity index is 496. The van der Waals surface area contributed by atoms with Crippen LogP contribution in [-0.2, 0) is 13.0 Å². The van der Waals surface area contributed by atoms with E-state index in [1.165, 1.54) is 12.1 Å². The van der Waals surface area contributed by atoms with Crippen LogP contribution in [-0.4, -0.2) is 6.61 Å². The maximum absolute atomic E-state index is 12.9. The molecule has 0 fully saturated rings. The largest absolute Gasteiger partial charge is 0.493 e. The topological polar surface area (TPSA) is 35.2 Å². The first-order valence-electron chi connectivity index (χ1n) is 5.94. The molecule has 0 aliphatic carbocycles. The monoisotopic (exact) mass is 245 g/mol. The van der Waals surface area contributed by atoms with Crippen LogP contribution in [0.2, 0.25) is 0 Å². The molecular weight excluding hydrogens is 229 g/mol. The summed E-state index contributed by atoms with van der Waals surface area (Å²) in [6.45, 7) is 1.06. The van der Waals surface area contributed by atoms with Crippen LogP contribution in [0.3, 0.4) is 0 Å². The summed E-state index contributed by atoms with van der Waals surface area (Å²) in [4.78, 5) is 0. The van der Waals surface area contributed by atoms with E-state index in [1.807, 2.05) is 30.3 Å². The van der Waals surface area contributed by atoms with E-state index in [0.717, 1.165) is 16.9 Å². The number of nitrogens with two attached hydrogens (primary N) is 1. The minimum absolute atomic E-state index is 0.209. The highest BCUT2D eigenvalue weighted by Gasteiger charge is 1.97. The molecule has 2 nitrogen and oxygen atoms in total. The number of benzene rings is 2. The fourth-order valence-electron chi connectivity index (χ4n) is 1.70. The van der Waals surface area contributed by atoms with Crippen molar-refractivity contribution in [1.82, 2.24) is 0 Å². The standard InChI is InChI=1S/C15H16FNO/c16-14-3-1-2-12(10-14)8-9-18-15-6-4-13(11-17)5-7-15/h1-7,10H,8-9,11,17H2. The van der Waals surface area contributed by atoms with Gasteiger partial charge in [0.15, 0.2) is 0 Å². The summed E-state index contributed by atoms with van der Waals surface area (Å²) < 4.78 is 18.5. The van der Waals surface area contributed by atoms with Gasteiger partial charge in [-0.25, -0.2) is 4.39 Å². The molecule has 0 spiro atoms. The average molecular weight is 245 g/mol. The molecule has 2 aromatic rings. The summed E-state index contributed by atoms with van der Waals surface area (Å²) in [5.74, 6) is 0.600. The number of ether oxygens (including phenoxy) is 1. The van der Waals surface area contributed by atoms with E-state index in [-0.39, 0.29) is 5.82 Å². The van der Waals surface area contributed by atoms with Gasteiger partial charge >= 0.3 is 0 Å². The van der Waals surface area contributed by atoms with Crippen LogP contribution >= 0.6 is 0 Å². The molecule has 0 bridgehead atoms. The van der Waals surface area contributed by atoms with E-state index in [0.29, 0.717) is 19.6 Å². The summed E-state index contributed by atoms with van der Waals surface area (Å²) in [5.41, 5.74) is 7.53. The third-order valence-electron chi connectivity index (χ3n) is 2.71. The van der Waals surface area contributed by atoms with E-state index in [2.05, 4.69) is 0 Å². The Balaban J connectivity index is 1.84. The fraction of sp³-hybridized carbons (Fsp3) is 0.200. The Kier molecular flexibility index (Phi) is 4.31. The normalized spacial score (nSPS) is 10.3. The summed E-state index contributed by atoms with van der Waals surface area (Å²) >= 11 is 0. The molecule has 3 heteroatoms. The lowest BCUT2D eigenvalue weighted by atomic mass is 10.1. The predicted octanol–water partition coefficient (Wildman–Crippen LogP) is 2.91. The number of hydrogen-bond donors (Lipinski definition) is 1. The Hall–Kier alpha value is -1.87. The maximum Gasteiger partial charge on any atom is 0.123 e. The van der Waals surface area contributed by atoms with Gasteiger partial charge in [-0.15, -0.1) is 0 Å². The minimum Gasteiger partial charge on any atom is -0.493 e. The van der Waals surface area contributed by atoms with Gasteiger partial charge in [0, 0.05) is 13.0 Å².